The molecular formula is C17H26O6. The van der Waals surface area contributed by atoms with Gasteiger partial charge in [-0.15, -0.1) is 0 Å². The van der Waals surface area contributed by atoms with Gasteiger partial charge in [-0.05, 0) is 33.6 Å². The molecule has 0 heterocycles. The highest BCUT2D eigenvalue weighted by Crippen LogP contribution is 1.98. The summed E-state index contributed by atoms with van der Waals surface area (Å²) >= 11 is 0. The van der Waals surface area contributed by atoms with Crippen LogP contribution in [0.3, 0.4) is 0 Å². The lowest BCUT2D eigenvalue weighted by Crippen LogP contribution is -2.09. The third kappa shape index (κ3) is 14.3. The molecule has 0 saturated heterocycles. The summed E-state index contributed by atoms with van der Waals surface area (Å²) in [5.41, 5.74) is 1.20. The molecule has 0 aliphatic heterocycles. The molecule has 0 aliphatic carbocycles. The highest BCUT2D eigenvalue weighted by atomic mass is 16.5. The molecular weight excluding hydrogens is 300 g/mol. The molecule has 0 aromatic heterocycles. The molecule has 0 N–H and O–H groups in total. The Morgan fingerprint density at radius 3 is 1.17 bits per heavy atom. The SMILES string of the molecule is C=C(C)C(=O)OC.C=C(C)C(=O)OCCCCOC(=O)C(=C)C. The minimum Gasteiger partial charge on any atom is -0.466 e. The molecule has 23 heavy (non-hydrogen) atoms. The number of rotatable bonds is 8. The van der Waals surface area contributed by atoms with Crippen LogP contribution in [-0.2, 0) is 28.6 Å². The first kappa shape index (κ1) is 22.9. The number of carbonyl (C=O) groups is 3. The van der Waals surface area contributed by atoms with Gasteiger partial charge in [0.05, 0.1) is 20.3 Å². The van der Waals surface area contributed by atoms with Crippen molar-refractivity contribution in [2.75, 3.05) is 20.3 Å². The standard InChI is InChI=1S/C12H18O4.C5H8O2/c1-9(2)11(13)15-7-5-6-8-16-12(14)10(3)4;1-4(2)5(6)7-3/h1,3,5-8H2,2,4H3;1H2,2-3H3. The predicted octanol–water partition coefficient (Wildman–Crippen LogP) is 2.74. The highest BCUT2D eigenvalue weighted by molar-refractivity contribution is 5.87. The molecule has 0 rings (SSSR count). The zero-order chi connectivity index (χ0) is 18.4. The van der Waals surface area contributed by atoms with Gasteiger partial charge in [0.15, 0.2) is 0 Å². The summed E-state index contributed by atoms with van der Waals surface area (Å²) in [6.07, 6.45) is 1.31. The zero-order valence-electron chi connectivity index (χ0n) is 14.4. The molecule has 130 valence electrons. The van der Waals surface area contributed by atoms with E-state index in [2.05, 4.69) is 24.5 Å². The highest BCUT2D eigenvalue weighted by Gasteiger charge is 2.04. The van der Waals surface area contributed by atoms with Crippen LogP contribution >= 0.6 is 0 Å². The van der Waals surface area contributed by atoms with E-state index in [1.54, 1.807) is 20.8 Å². The summed E-state index contributed by atoms with van der Waals surface area (Å²) in [5.74, 6) is -1.13. The Morgan fingerprint density at radius 2 is 1.00 bits per heavy atom. The lowest BCUT2D eigenvalue weighted by molar-refractivity contribution is -0.141. The van der Waals surface area contributed by atoms with E-state index in [1.165, 1.54) is 7.11 Å². The van der Waals surface area contributed by atoms with Gasteiger partial charge >= 0.3 is 17.9 Å². The summed E-state index contributed by atoms with van der Waals surface area (Å²) in [7, 11) is 1.33. The van der Waals surface area contributed by atoms with Crippen molar-refractivity contribution in [3.8, 4) is 0 Å². The Kier molecular flexibility index (Phi) is 13.2. The van der Waals surface area contributed by atoms with Crippen LogP contribution in [0.25, 0.3) is 0 Å². The molecule has 0 fully saturated rings. The molecule has 0 spiro atoms. The number of hydrogen-bond acceptors (Lipinski definition) is 6. The van der Waals surface area contributed by atoms with E-state index >= 15 is 0 Å². The molecule has 0 bridgehead atoms. The average Bonchev–Trinajstić information content (AvgIpc) is 2.49. The first-order chi connectivity index (χ1) is 10.6. The van der Waals surface area contributed by atoms with Crippen LogP contribution in [0.2, 0.25) is 0 Å². The molecule has 6 nitrogen and oxygen atoms in total. The molecule has 0 atom stereocenters. The van der Waals surface area contributed by atoms with Gasteiger partial charge < -0.3 is 14.2 Å². The molecule has 0 unspecified atom stereocenters. The monoisotopic (exact) mass is 326 g/mol. The van der Waals surface area contributed by atoms with Gasteiger partial charge in [-0.3, -0.25) is 0 Å². The Bertz CT molecular complexity index is 432. The Morgan fingerprint density at radius 1 is 0.696 bits per heavy atom. The van der Waals surface area contributed by atoms with Crippen molar-refractivity contribution < 1.29 is 28.6 Å². The maximum Gasteiger partial charge on any atom is 0.333 e. The van der Waals surface area contributed by atoms with Gasteiger partial charge in [-0.25, -0.2) is 14.4 Å². The second-order valence-corrected chi connectivity index (χ2v) is 4.81. The molecule has 0 aromatic rings. The molecule has 0 amide bonds. The largest absolute Gasteiger partial charge is 0.466 e. The summed E-state index contributed by atoms with van der Waals surface area (Å²) in [6.45, 7) is 15.7. The van der Waals surface area contributed by atoms with Crippen LogP contribution in [0.4, 0.5) is 0 Å². The summed E-state index contributed by atoms with van der Waals surface area (Å²) < 4.78 is 14.0. The third-order valence-electron chi connectivity index (χ3n) is 2.24. The van der Waals surface area contributed by atoms with E-state index in [0.717, 1.165) is 0 Å². The summed E-state index contributed by atoms with van der Waals surface area (Å²) in [6, 6.07) is 0. The van der Waals surface area contributed by atoms with Crippen molar-refractivity contribution in [2.24, 2.45) is 0 Å². The first-order valence-electron chi connectivity index (χ1n) is 7.02. The van der Waals surface area contributed by atoms with Crippen molar-refractivity contribution in [1.29, 1.82) is 0 Å². The van der Waals surface area contributed by atoms with Gasteiger partial charge in [0.25, 0.3) is 0 Å². The van der Waals surface area contributed by atoms with Crippen LogP contribution in [-0.4, -0.2) is 38.2 Å². The lowest BCUT2D eigenvalue weighted by Gasteiger charge is -2.05. The van der Waals surface area contributed by atoms with E-state index in [4.69, 9.17) is 9.47 Å². The van der Waals surface area contributed by atoms with Crippen molar-refractivity contribution in [3.05, 3.63) is 36.5 Å². The van der Waals surface area contributed by atoms with E-state index in [-0.39, 0.29) is 17.9 Å². The minimum absolute atomic E-state index is 0.316. The number of carbonyl (C=O) groups excluding carboxylic acids is 3. The van der Waals surface area contributed by atoms with Gasteiger partial charge in [0.1, 0.15) is 0 Å². The number of methoxy groups -OCH3 is 1. The first-order valence-corrected chi connectivity index (χ1v) is 7.02. The van der Waals surface area contributed by atoms with Crippen LogP contribution in [0, 0.1) is 0 Å². The van der Waals surface area contributed by atoms with Gasteiger partial charge in [-0.1, -0.05) is 19.7 Å². The van der Waals surface area contributed by atoms with Crippen molar-refractivity contribution in [3.63, 3.8) is 0 Å². The fourth-order valence-corrected chi connectivity index (χ4v) is 0.954. The van der Waals surface area contributed by atoms with Crippen molar-refractivity contribution in [2.45, 2.75) is 33.6 Å². The zero-order valence-corrected chi connectivity index (χ0v) is 14.4. The third-order valence-corrected chi connectivity index (χ3v) is 2.24. The topological polar surface area (TPSA) is 78.9 Å². The fraction of sp³-hybridized carbons (Fsp3) is 0.471. The molecule has 0 saturated carbocycles. The second-order valence-electron chi connectivity index (χ2n) is 4.81. The quantitative estimate of drug-likeness (QED) is 0.295. The Labute approximate surface area is 137 Å². The molecule has 0 radical (unpaired) electrons. The van der Waals surface area contributed by atoms with E-state index in [1.807, 2.05) is 0 Å². The number of esters is 3. The number of hydrogen-bond donors (Lipinski definition) is 0. The molecule has 0 aromatic carbocycles. The minimum atomic E-state index is -0.390. The van der Waals surface area contributed by atoms with Gasteiger partial charge in [-0.2, -0.15) is 0 Å². The molecule has 6 heteroatoms. The average molecular weight is 326 g/mol. The van der Waals surface area contributed by atoms with Crippen LogP contribution < -0.4 is 0 Å². The van der Waals surface area contributed by atoms with Crippen molar-refractivity contribution >= 4 is 17.9 Å². The Balaban J connectivity index is 0. The second kappa shape index (κ2) is 13.3. The van der Waals surface area contributed by atoms with Gasteiger partial charge in [0, 0.05) is 16.7 Å². The lowest BCUT2D eigenvalue weighted by atomic mass is 10.3. The normalized spacial score (nSPS) is 8.87. The number of unbranched alkanes of at least 4 members (excludes halogenated alkanes) is 1. The van der Waals surface area contributed by atoms with E-state index < -0.39 is 0 Å². The summed E-state index contributed by atoms with van der Waals surface area (Å²) in [5, 5.41) is 0. The fourth-order valence-electron chi connectivity index (χ4n) is 0.954. The van der Waals surface area contributed by atoms with Gasteiger partial charge in [0.2, 0.25) is 0 Å². The van der Waals surface area contributed by atoms with E-state index in [0.29, 0.717) is 42.8 Å². The Hall–Kier alpha value is -2.37. The smallest absolute Gasteiger partial charge is 0.333 e. The van der Waals surface area contributed by atoms with Crippen LogP contribution in [0.5, 0.6) is 0 Å². The maximum absolute atomic E-state index is 11.0. The van der Waals surface area contributed by atoms with Crippen molar-refractivity contribution in [1.82, 2.24) is 0 Å². The van der Waals surface area contributed by atoms with Crippen LogP contribution in [0.1, 0.15) is 33.6 Å². The van der Waals surface area contributed by atoms with Crippen LogP contribution in [0.15, 0.2) is 36.5 Å². The number of ether oxygens (including phenoxy) is 3. The molecule has 0 aliphatic rings. The van der Waals surface area contributed by atoms with E-state index in [9.17, 15) is 14.4 Å². The predicted molar refractivity (Wildman–Crippen MR) is 87.6 cm³/mol. The summed E-state index contributed by atoms with van der Waals surface area (Å²) in [4.78, 5) is 32.1. The maximum atomic E-state index is 11.0.